The van der Waals surface area contributed by atoms with E-state index < -0.39 is 24.1 Å². The Hall–Kier alpha value is -1.79. The van der Waals surface area contributed by atoms with Gasteiger partial charge in [0.05, 0.1) is 0 Å². The van der Waals surface area contributed by atoms with E-state index in [2.05, 4.69) is 16.0 Å². The molecule has 0 aliphatic rings. The van der Waals surface area contributed by atoms with Crippen LogP contribution in [0.3, 0.4) is 0 Å². The maximum atomic E-state index is 11.7. The predicted octanol–water partition coefficient (Wildman–Crippen LogP) is 0.700. The summed E-state index contributed by atoms with van der Waals surface area (Å²) in [6.07, 6.45) is 0.984. The molecule has 0 fully saturated rings. The second-order valence-corrected chi connectivity index (χ2v) is 5.16. The highest BCUT2D eigenvalue weighted by Gasteiger charge is 2.21. The number of aliphatic carboxylic acids is 1. The van der Waals surface area contributed by atoms with Gasteiger partial charge >= 0.3 is 12.0 Å². The quantitative estimate of drug-likeness (QED) is 0.527. The number of amides is 3. The van der Waals surface area contributed by atoms with Crippen molar-refractivity contribution in [2.75, 3.05) is 6.54 Å². The Bertz CT molecular complexity index is 345. The van der Waals surface area contributed by atoms with Crippen LogP contribution in [0.25, 0.3) is 0 Å². The minimum Gasteiger partial charge on any atom is -0.480 e. The predicted molar refractivity (Wildman–Crippen MR) is 75.3 cm³/mol. The summed E-state index contributed by atoms with van der Waals surface area (Å²) in [7, 11) is 0. The van der Waals surface area contributed by atoms with E-state index >= 15 is 0 Å². The van der Waals surface area contributed by atoms with E-state index in [1.807, 2.05) is 20.8 Å². The Balaban J connectivity index is 4.23. The Kier molecular flexibility index (Phi) is 8.35. The third-order valence-corrected chi connectivity index (χ3v) is 2.61. The van der Waals surface area contributed by atoms with Crippen LogP contribution in [-0.2, 0) is 9.59 Å². The van der Waals surface area contributed by atoms with Gasteiger partial charge in [0.2, 0.25) is 5.91 Å². The maximum absolute atomic E-state index is 11.7. The van der Waals surface area contributed by atoms with Crippen molar-refractivity contribution in [2.24, 2.45) is 5.92 Å². The van der Waals surface area contributed by atoms with E-state index in [1.54, 1.807) is 6.92 Å². The fourth-order valence-corrected chi connectivity index (χ4v) is 1.47. The van der Waals surface area contributed by atoms with Gasteiger partial charge in [-0.2, -0.15) is 0 Å². The molecule has 0 bridgehead atoms. The normalized spacial score (nSPS) is 13.4. The first-order valence-corrected chi connectivity index (χ1v) is 6.85. The van der Waals surface area contributed by atoms with E-state index in [0.29, 0.717) is 25.3 Å². The van der Waals surface area contributed by atoms with Gasteiger partial charge in [0, 0.05) is 6.54 Å². The number of nitrogens with one attached hydrogen (secondary N) is 3. The van der Waals surface area contributed by atoms with Crippen molar-refractivity contribution in [1.29, 1.82) is 0 Å². The first-order chi connectivity index (χ1) is 9.27. The van der Waals surface area contributed by atoms with E-state index in [1.165, 1.54) is 0 Å². The van der Waals surface area contributed by atoms with Gasteiger partial charge in [-0.1, -0.05) is 27.2 Å². The molecule has 0 rings (SSSR count). The van der Waals surface area contributed by atoms with Crippen molar-refractivity contribution in [3.63, 3.8) is 0 Å². The molecule has 0 heterocycles. The molecule has 0 aromatic rings. The lowest BCUT2D eigenvalue weighted by Gasteiger charge is -2.18. The highest BCUT2D eigenvalue weighted by atomic mass is 16.4. The van der Waals surface area contributed by atoms with Crippen molar-refractivity contribution in [3.05, 3.63) is 0 Å². The lowest BCUT2D eigenvalue weighted by molar-refractivity contribution is -0.139. The summed E-state index contributed by atoms with van der Waals surface area (Å²) < 4.78 is 0. The van der Waals surface area contributed by atoms with Gasteiger partial charge < -0.3 is 21.1 Å². The summed E-state index contributed by atoms with van der Waals surface area (Å²) in [5.74, 6) is -1.06. The SMILES string of the molecule is CCCC(NC(=O)NC(C)C(=O)NCC(C)C)C(=O)O. The largest absolute Gasteiger partial charge is 0.480 e. The van der Waals surface area contributed by atoms with Gasteiger partial charge in [-0.3, -0.25) is 4.79 Å². The summed E-state index contributed by atoms with van der Waals surface area (Å²) in [4.78, 5) is 34.2. The topological polar surface area (TPSA) is 108 Å². The Labute approximate surface area is 119 Å². The van der Waals surface area contributed by atoms with Gasteiger partial charge in [0.15, 0.2) is 0 Å². The standard InChI is InChI=1S/C13H25N3O4/c1-5-6-10(12(18)19)16-13(20)15-9(4)11(17)14-7-8(2)3/h8-10H,5-7H2,1-4H3,(H,14,17)(H,18,19)(H2,15,16,20). The van der Waals surface area contributed by atoms with Crippen LogP contribution >= 0.6 is 0 Å². The second kappa shape index (κ2) is 9.17. The molecule has 3 amide bonds. The smallest absolute Gasteiger partial charge is 0.326 e. The van der Waals surface area contributed by atoms with Crippen LogP contribution in [0.1, 0.15) is 40.5 Å². The van der Waals surface area contributed by atoms with Gasteiger partial charge in [-0.25, -0.2) is 9.59 Å². The lowest BCUT2D eigenvalue weighted by Crippen LogP contribution is -2.52. The van der Waals surface area contributed by atoms with Crippen LogP contribution in [-0.4, -0.2) is 41.6 Å². The summed E-state index contributed by atoms with van der Waals surface area (Å²) in [5.41, 5.74) is 0. The Morgan fingerprint density at radius 1 is 1.10 bits per heavy atom. The van der Waals surface area contributed by atoms with E-state index in [4.69, 9.17) is 5.11 Å². The van der Waals surface area contributed by atoms with Crippen LogP contribution in [0, 0.1) is 5.92 Å². The molecule has 7 heteroatoms. The molecule has 0 aromatic heterocycles. The third-order valence-electron chi connectivity index (χ3n) is 2.61. The molecule has 0 radical (unpaired) electrons. The molecular formula is C13H25N3O4. The highest BCUT2D eigenvalue weighted by Crippen LogP contribution is 1.97. The maximum Gasteiger partial charge on any atom is 0.326 e. The number of carbonyl (C=O) groups is 3. The van der Waals surface area contributed by atoms with Crippen molar-refractivity contribution >= 4 is 17.9 Å². The zero-order chi connectivity index (χ0) is 15.7. The van der Waals surface area contributed by atoms with Gasteiger partial charge in [0.25, 0.3) is 0 Å². The zero-order valence-electron chi connectivity index (χ0n) is 12.5. The number of carboxylic acid groups (broad SMARTS) is 1. The molecule has 0 aromatic carbocycles. The average Bonchev–Trinajstić information content (AvgIpc) is 2.34. The molecule has 2 unspecified atom stereocenters. The first-order valence-electron chi connectivity index (χ1n) is 6.85. The first kappa shape index (κ1) is 18.2. The van der Waals surface area contributed by atoms with Crippen LogP contribution in [0.15, 0.2) is 0 Å². The van der Waals surface area contributed by atoms with Crippen molar-refractivity contribution in [2.45, 2.75) is 52.6 Å². The number of carboxylic acids is 1. The van der Waals surface area contributed by atoms with Crippen molar-refractivity contribution < 1.29 is 19.5 Å². The summed E-state index contributed by atoms with van der Waals surface area (Å²) in [5, 5.41) is 16.4. The Morgan fingerprint density at radius 2 is 1.70 bits per heavy atom. The van der Waals surface area contributed by atoms with Crippen LogP contribution in [0.5, 0.6) is 0 Å². The Morgan fingerprint density at radius 3 is 2.15 bits per heavy atom. The number of hydrogen-bond acceptors (Lipinski definition) is 3. The third kappa shape index (κ3) is 7.60. The van der Waals surface area contributed by atoms with Crippen LogP contribution in [0.2, 0.25) is 0 Å². The zero-order valence-corrected chi connectivity index (χ0v) is 12.5. The molecule has 20 heavy (non-hydrogen) atoms. The summed E-state index contributed by atoms with van der Waals surface area (Å²) in [6.45, 7) is 7.84. The van der Waals surface area contributed by atoms with E-state index in [0.717, 1.165) is 0 Å². The molecule has 0 aliphatic heterocycles. The van der Waals surface area contributed by atoms with Crippen molar-refractivity contribution in [3.8, 4) is 0 Å². The second-order valence-electron chi connectivity index (χ2n) is 5.16. The molecule has 0 saturated heterocycles. The molecule has 0 aliphatic carbocycles. The molecule has 0 spiro atoms. The minimum absolute atomic E-state index is 0.295. The van der Waals surface area contributed by atoms with E-state index in [-0.39, 0.29) is 5.91 Å². The summed E-state index contributed by atoms with van der Waals surface area (Å²) in [6, 6.07) is -2.31. The lowest BCUT2D eigenvalue weighted by atomic mass is 10.2. The van der Waals surface area contributed by atoms with Gasteiger partial charge in [-0.05, 0) is 19.3 Å². The number of urea groups is 1. The molecule has 116 valence electrons. The molecule has 4 N–H and O–H groups in total. The van der Waals surface area contributed by atoms with Crippen LogP contribution in [0.4, 0.5) is 4.79 Å². The molecule has 7 nitrogen and oxygen atoms in total. The molecule has 2 atom stereocenters. The fraction of sp³-hybridized carbons (Fsp3) is 0.769. The number of carbonyl (C=O) groups excluding carboxylic acids is 2. The minimum atomic E-state index is -1.08. The van der Waals surface area contributed by atoms with Gasteiger partial charge in [-0.15, -0.1) is 0 Å². The van der Waals surface area contributed by atoms with E-state index in [9.17, 15) is 14.4 Å². The van der Waals surface area contributed by atoms with Crippen molar-refractivity contribution in [1.82, 2.24) is 16.0 Å². The molecular weight excluding hydrogens is 262 g/mol. The van der Waals surface area contributed by atoms with Gasteiger partial charge in [0.1, 0.15) is 12.1 Å². The number of rotatable bonds is 8. The highest BCUT2D eigenvalue weighted by molar-refractivity contribution is 5.88. The van der Waals surface area contributed by atoms with Crippen LogP contribution < -0.4 is 16.0 Å². The summed E-state index contributed by atoms with van der Waals surface area (Å²) >= 11 is 0. The molecule has 0 saturated carbocycles. The average molecular weight is 287 g/mol. The fourth-order valence-electron chi connectivity index (χ4n) is 1.47. The number of hydrogen-bond donors (Lipinski definition) is 4. The monoisotopic (exact) mass is 287 g/mol.